The molecule has 0 bridgehead atoms. The van der Waals surface area contributed by atoms with Crippen LogP contribution in [0.1, 0.15) is 33.3 Å². The first kappa shape index (κ1) is 18.0. The predicted molar refractivity (Wildman–Crippen MR) is 85.7 cm³/mol. The second-order valence-corrected chi connectivity index (χ2v) is 6.86. The fourth-order valence-corrected chi connectivity index (χ4v) is 2.66. The van der Waals surface area contributed by atoms with Gasteiger partial charge in [0.2, 0.25) is 0 Å². The number of hydrogen-bond acceptors (Lipinski definition) is 4. The molecule has 130 valence electrons. The number of ether oxygens (including phenoxy) is 1. The molecule has 1 aromatic rings. The van der Waals surface area contributed by atoms with Crippen LogP contribution in [0, 0.1) is 23.0 Å². The van der Waals surface area contributed by atoms with Gasteiger partial charge in [-0.25, -0.2) is 13.6 Å². The molecule has 0 N–H and O–H groups in total. The number of amides is 1. The summed E-state index contributed by atoms with van der Waals surface area (Å²) in [7, 11) is 0. The number of halogens is 2. The molecule has 1 amide bonds. The quantitative estimate of drug-likeness (QED) is 0.789. The van der Waals surface area contributed by atoms with E-state index in [1.807, 2.05) is 13.0 Å². The molecule has 0 radical (unpaired) electrons. The second kappa shape index (κ2) is 6.63. The summed E-state index contributed by atoms with van der Waals surface area (Å²) in [5, 5.41) is 9.15. The van der Waals surface area contributed by atoms with E-state index in [2.05, 4.69) is 0 Å². The summed E-state index contributed by atoms with van der Waals surface area (Å²) in [6.45, 7) is 8.43. The van der Waals surface area contributed by atoms with Crippen molar-refractivity contribution in [3.8, 4) is 6.07 Å². The second-order valence-electron chi connectivity index (χ2n) is 6.86. The summed E-state index contributed by atoms with van der Waals surface area (Å²) < 4.78 is 32.2. The molecule has 0 saturated carbocycles. The van der Waals surface area contributed by atoms with Crippen molar-refractivity contribution in [2.24, 2.45) is 0 Å². The zero-order valence-corrected chi connectivity index (χ0v) is 14.3. The van der Waals surface area contributed by atoms with Crippen LogP contribution in [0.15, 0.2) is 12.1 Å². The van der Waals surface area contributed by atoms with Gasteiger partial charge in [0.05, 0.1) is 11.3 Å². The van der Waals surface area contributed by atoms with Crippen LogP contribution in [0.3, 0.4) is 0 Å². The number of carbonyl (C=O) groups excluding carboxylic acids is 1. The molecule has 2 rings (SSSR count). The molecule has 7 heteroatoms. The van der Waals surface area contributed by atoms with Gasteiger partial charge in [0, 0.05) is 31.7 Å². The van der Waals surface area contributed by atoms with Crippen LogP contribution < -0.4 is 4.90 Å². The van der Waals surface area contributed by atoms with E-state index in [9.17, 15) is 13.6 Å². The van der Waals surface area contributed by atoms with Gasteiger partial charge < -0.3 is 14.5 Å². The summed E-state index contributed by atoms with van der Waals surface area (Å²) in [5.41, 5.74) is -0.166. The Bertz CT molecular complexity index is 680. The van der Waals surface area contributed by atoms with Crippen LogP contribution in [0.25, 0.3) is 0 Å². The van der Waals surface area contributed by atoms with E-state index >= 15 is 0 Å². The van der Waals surface area contributed by atoms with Crippen LogP contribution in [-0.2, 0) is 4.74 Å². The Hall–Kier alpha value is -2.36. The Kier molecular flexibility index (Phi) is 4.97. The molecule has 1 atom stereocenters. The maximum Gasteiger partial charge on any atom is 0.410 e. The van der Waals surface area contributed by atoms with Crippen LogP contribution in [-0.4, -0.2) is 42.3 Å². The van der Waals surface area contributed by atoms with Crippen LogP contribution >= 0.6 is 0 Å². The van der Waals surface area contributed by atoms with Crippen molar-refractivity contribution in [1.82, 2.24) is 4.90 Å². The third-order valence-electron chi connectivity index (χ3n) is 3.76. The Balaban J connectivity index is 2.16. The number of hydrogen-bond donors (Lipinski definition) is 0. The van der Waals surface area contributed by atoms with Crippen molar-refractivity contribution in [2.45, 2.75) is 39.3 Å². The van der Waals surface area contributed by atoms with Gasteiger partial charge in [-0.15, -0.1) is 0 Å². The summed E-state index contributed by atoms with van der Waals surface area (Å²) in [4.78, 5) is 15.6. The summed E-state index contributed by atoms with van der Waals surface area (Å²) in [5.74, 6) is -2.04. The van der Waals surface area contributed by atoms with Crippen molar-refractivity contribution in [2.75, 3.05) is 24.5 Å². The average molecular weight is 337 g/mol. The Morgan fingerprint density at radius 1 is 1.29 bits per heavy atom. The predicted octanol–water partition coefficient (Wildman–Crippen LogP) is 3.28. The molecule has 24 heavy (non-hydrogen) atoms. The molecule has 1 aliphatic heterocycles. The molecule has 1 aliphatic rings. The van der Waals surface area contributed by atoms with Gasteiger partial charge in [0.1, 0.15) is 11.7 Å². The highest BCUT2D eigenvalue weighted by Gasteiger charge is 2.31. The number of nitrogens with zero attached hydrogens (tertiary/aromatic N) is 3. The molecule has 0 unspecified atom stereocenters. The highest BCUT2D eigenvalue weighted by atomic mass is 19.2. The van der Waals surface area contributed by atoms with Crippen molar-refractivity contribution in [3.63, 3.8) is 0 Å². The minimum Gasteiger partial charge on any atom is -0.444 e. The topological polar surface area (TPSA) is 56.6 Å². The molecular weight excluding hydrogens is 316 g/mol. The van der Waals surface area contributed by atoms with Gasteiger partial charge in [-0.3, -0.25) is 0 Å². The van der Waals surface area contributed by atoms with Crippen molar-refractivity contribution < 1.29 is 18.3 Å². The van der Waals surface area contributed by atoms with E-state index in [1.165, 1.54) is 0 Å². The Morgan fingerprint density at radius 2 is 1.92 bits per heavy atom. The summed E-state index contributed by atoms with van der Waals surface area (Å²) >= 11 is 0. The fraction of sp³-hybridized carbons (Fsp3) is 0.529. The monoisotopic (exact) mass is 337 g/mol. The molecular formula is C17H21F2N3O2. The standard InChI is InChI=1S/C17H21F2N3O2/c1-11-10-21(5-6-22(11)16(23)24-17(2,3)4)15-8-14(19)13(18)7-12(15)9-20/h7-8,11H,5-6,10H2,1-4H3/t11-/m0/s1. The van der Waals surface area contributed by atoms with Gasteiger partial charge >= 0.3 is 6.09 Å². The lowest BCUT2D eigenvalue weighted by Crippen LogP contribution is -2.55. The molecule has 0 spiro atoms. The van der Waals surface area contributed by atoms with Crippen molar-refractivity contribution in [1.29, 1.82) is 5.26 Å². The van der Waals surface area contributed by atoms with Crippen LogP contribution in [0.2, 0.25) is 0 Å². The fourth-order valence-electron chi connectivity index (χ4n) is 2.66. The molecule has 1 heterocycles. The summed E-state index contributed by atoms with van der Waals surface area (Å²) in [6, 6.07) is 3.63. The first-order valence-corrected chi connectivity index (χ1v) is 7.76. The number of nitriles is 1. The smallest absolute Gasteiger partial charge is 0.410 e. The van der Waals surface area contributed by atoms with Gasteiger partial charge in [-0.05, 0) is 33.8 Å². The van der Waals surface area contributed by atoms with E-state index < -0.39 is 23.3 Å². The molecule has 1 aromatic carbocycles. The lowest BCUT2D eigenvalue weighted by atomic mass is 10.1. The van der Waals surface area contributed by atoms with Crippen LogP contribution in [0.4, 0.5) is 19.3 Å². The van der Waals surface area contributed by atoms with E-state index in [-0.39, 0.29) is 11.6 Å². The molecule has 0 aromatic heterocycles. The zero-order chi connectivity index (χ0) is 18.1. The first-order chi connectivity index (χ1) is 11.1. The lowest BCUT2D eigenvalue weighted by molar-refractivity contribution is 0.0159. The third-order valence-corrected chi connectivity index (χ3v) is 3.76. The molecule has 1 saturated heterocycles. The Morgan fingerprint density at radius 3 is 2.46 bits per heavy atom. The Labute approximate surface area is 140 Å². The van der Waals surface area contributed by atoms with Crippen molar-refractivity contribution >= 4 is 11.8 Å². The number of rotatable bonds is 1. The largest absolute Gasteiger partial charge is 0.444 e. The van der Waals surface area contributed by atoms with E-state index in [0.29, 0.717) is 25.3 Å². The maximum absolute atomic E-state index is 13.5. The zero-order valence-electron chi connectivity index (χ0n) is 14.3. The van der Waals surface area contributed by atoms with Gasteiger partial charge in [0.25, 0.3) is 0 Å². The van der Waals surface area contributed by atoms with Crippen molar-refractivity contribution in [3.05, 3.63) is 29.3 Å². The van der Waals surface area contributed by atoms with E-state index in [0.717, 1.165) is 12.1 Å². The minimum atomic E-state index is -1.05. The highest BCUT2D eigenvalue weighted by Crippen LogP contribution is 2.26. The number of carbonyl (C=O) groups is 1. The third kappa shape index (κ3) is 3.94. The first-order valence-electron chi connectivity index (χ1n) is 7.76. The van der Waals surface area contributed by atoms with Gasteiger partial charge in [-0.1, -0.05) is 0 Å². The SMILES string of the molecule is C[C@H]1CN(c2cc(F)c(F)cc2C#N)CCN1C(=O)OC(C)(C)C. The molecule has 5 nitrogen and oxygen atoms in total. The number of benzene rings is 1. The maximum atomic E-state index is 13.5. The molecule has 1 fully saturated rings. The normalized spacial score (nSPS) is 18.3. The van der Waals surface area contributed by atoms with Gasteiger partial charge in [0.15, 0.2) is 11.6 Å². The number of anilines is 1. The average Bonchev–Trinajstić information content (AvgIpc) is 2.47. The van der Waals surface area contributed by atoms with Crippen LogP contribution in [0.5, 0.6) is 0 Å². The molecule has 0 aliphatic carbocycles. The van der Waals surface area contributed by atoms with E-state index in [4.69, 9.17) is 10.00 Å². The lowest BCUT2D eigenvalue weighted by Gasteiger charge is -2.41. The van der Waals surface area contributed by atoms with Gasteiger partial charge in [-0.2, -0.15) is 5.26 Å². The number of piperazine rings is 1. The van der Waals surface area contributed by atoms with E-state index in [1.54, 1.807) is 30.6 Å². The minimum absolute atomic E-state index is 0.0758. The summed E-state index contributed by atoms with van der Waals surface area (Å²) in [6.07, 6.45) is -0.402. The highest BCUT2D eigenvalue weighted by molar-refractivity contribution is 5.69.